The molecule has 1 N–H and O–H groups in total. The maximum atomic E-state index is 10.5. The first-order valence-corrected chi connectivity index (χ1v) is 6.89. The first kappa shape index (κ1) is 12.8. The van der Waals surface area contributed by atoms with Crippen LogP contribution in [-0.4, -0.2) is 10.1 Å². The Labute approximate surface area is 108 Å². The Hall–Kier alpha value is -0.600. The van der Waals surface area contributed by atoms with Crippen molar-refractivity contribution < 1.29 is 5.11 Å². The number of aromatic nitrogens is 1. The van der Waals surface area contributed by atoms with Crippen LogP contribution in [0.25, 0.3) is 0 Å². The van der Waals surface area contributed by atoms with E-state index in [4.69, 9.17) is 11.6 Å². The van der Waals surface area contributed by atoms with Crippen molar-refractivity contribution in [1.82, 2.24) is 4.98 Å². The molecule has 1 fully saturated rings. The van der Waals surface area contributed by atoms with Crippen LogP contribution in [0.15, 0.2) is 18.3 Å². The quantitative estimate of drug-likeness (QED) is 0.827. The predicted octanol–water partition coefficient (Wildman–Crippen LogP) is 3.98. The Bertz CT molecular complexity index is 369. The summed E-state index contributed by atoms with van der Waals surface area (Å²) in [4.78, 5) is 3.96. The van der Waals surface area contributed by atoms with E-state index in [2.05, 4.69) is 11.9 Å². The molecule has 0 amide bonds. The van der Waals surface area contributed by atoms with Gasteiger partial charge in [-0.25, -0.2) is 4.98 Å². The van der Waals surface area contributed by atoms with Crippen molar-refractivity contribution in [2.75, 3.05) is 0 Å². The maximum absolute atomic E-state index is 10.5. The largest absolute Gasteiger partial charge is 0.388 e. The third-order valence-corrected chi connectivity index (χ3v) is 4.20. The lowest BCUT2D eigenvalue weighted by Crippen LogP contribution is -2.25. The zero-order valence-electron chi connectivity index (χ0n) is 10.3. The van der Waals surface area contributed by atoms with Crippen molar-refractivity contribution in [2.45, 2.75) is 45.1 Å². The Morgan fingerprint density at radius 1 is 1.47 bits per heavy atom. The second kappa shape index (κ2) is 5.83. The summed E-state index contributed by atoms with van der Waals surface area (Å²) in [5, 5.41) is 10.9. The molecule has 3 heteroatoms. The van der Waals surface area contributed by atoms with E-state index in [0.29, 0.717) is 17.0 Å². The Morgan fingerprint density at radius 2 is 2.24 bits per heavy atom. The third kappa shape index (κ3) is 2.99. The van der Waals surface area contributed by atoms with Gasteiger partial charge in [0.2, 0.25) is 0 Å². The highest BCUT2D eigenvalue weighted by atomic mass is 35.5. The van der Waals surface area contributed by atoms with Gasteiger partial charge in [-0.15, -0.1) is 0 Å². The minimum atomic E-state index is -0.388. The van der Waals surface area contributed by atoms with E-state index in [1.807, 2.05) is 6.07 Å². The van der Waals surface area contributed by atoms with Crippen molar-refractivity contribution in [3.63, 3.8) is 0 Å². The van der Waals surface area contributed by atoms with E-state index in [-0.39, 0.29) is 6.10 Å². The summed E-state index contributed by atoms with van der Waals surface area (Å²) in [6, 6.07) is 3.66. The summed E-state index contributed by atoms with van der Waals surface area (Å²) in [5.41, 5.74) is 0.912. The van der Waals surface area contributed by atoms with Crippen LogP contribution in [-0.2, 0) is 0 Å². The second-order valence-electron chi connectivity index (χ2n) is 4.97. The summed E-state index contributed by atoms with van der Waals surface area (Å²) in [6.45, 7) is 2.22. The molecule has 0 aromatic carbocycles. The third-order valence-electron chi connectivity index (χ3n) is 3.99. The van der Waals surface area contributed by atoms with Crippen LogP contribution in [0.4, 0.5) is 0 Å². The molecule has 1 heterocycles. The van der Waals surface area contributed by atoms with Gasteiger partial charge >= 0.3 is 0 Å². The van der Waals surface area contributed by atoms with Crippen molar-refractivity contribution in [2.24, 2.45) is 11.8 Å². The van der Waals surface area contributed by atoms with Gasteiger partial charge in [-0.1, -0.05) is 44.2 Å². The van der Waals surface area contributed by atoms with Crippen LogP contribution in [0.1, 0.15) is 50.7 Å². The van der Waals surface area contributed by atoms with Crippen LogP contribution in [0.3, 0.4) is 0 Å². The SMILES string of the molecule is CCC1CCCCC1C(O)c1ccnc(Cl)c1. The molecule has 94 valence electrons. The maximum Gasteiger partial charge on any atom is 0.129 e. The minimum absolute atomic E-state index is 0.382. The number of pyridine rings is 1. The summed E-state index contributed by atoms with van der Waals surface area (Å²) >= 11 is 5.88. The standard InChI is InChI=1S/C14H20ClNO/c1-2-10-5-3-4-6-12(10)14(17)11-7-8-16-13(15)9-11/h7-10,12,14,17H,2-6H2,1H3. The van der Waals surface area contributed by atoms with Gasteiger partial charge in [0.1, 0.15) is 5.15 Å². The molecule has 0 bridgehead atoms. The topological polar surface area (TPSA) is 33.1 Å². The normalized spacial score (nSPS) is 26.8. The van der Waals surface area contributed by atoms with E-state index in [1.165, 1.54) is 19.3 Å². The van der Waals surface area contributed by atoms with Gasteiger partial charge in [-0.05, 0) is 36.0 Å². The highest BCUT2D eigenvalue weighted by Crippen LogP contribution is 2.40. The van der Waals surface area contributed by atoms with Crippen LogP contribution in [0, 0.1) is 11.8 Å². The molecule has 0 radical (unpaired) electrons. The average molecular weight is 254 g/mol. The lowest BCUT2D eigenvalue weighted by molar-refractivity contribution is 0.0451. The molecule has 17 heavy (non-hydrogen) atoms. The van der Waals surface area contributed by atoms with Gasteiger partial charge in [-0.2, -0.15) is 0 Å². The number of halogens is 1. The molecule has 2 nitrogen and oxygen atoms in total. The zero-order chi connectivity index (χ0) is 12.3. The van der Waals surface area contributed by atoms with E-state index in [0.717, 1.165) is 18.4 Å². The first-order chi connectivity index (χ1) is 8.22. The average Bonchev–Trinajstić information content (AvgIpc) is 2.38. The monoisotopic (exact) mass is 253 g/mol. The van der Waals surface area contributed by atoms with Crippen LogP contribution in [0.5, 0.6) is 0 Å². The Morgan fingerprint density at radius 3 is 2.94 bits per heavy atom. The van der Waals surface area contributed by atoms with Crippen LogP contribution in [0.2, 0.25) is 5.15 Å². The lowest BCUT2D eigenvalue weighted by Gasteiger charge is -2.34. The molecule has 3 atom stereocenters. The minimum Gasteiger partial charge on any atom is -0.388 e. The van der Waals surface area contributed by atoms with Gasteiger partial charge in [-0.3, -0.25) is 0 Å². The molecular formula is C14H20ClNO. The molecule has 0 spiro atoms. The fourth-order valence-electron chi connectivity index (χ4n) is 3.01. The highest BCUT2D eigenvalue weighted by molar-refractivity contribution is 6.29. The molecule has 2 rings (SSSR count). The fourth-order valence-corrected chi connectivity index (χ4v) is 3.19. The second-order valence-corrected chi connectivity index (χ2v) is 5.36. The molecular weight excluding hydrogens is 234 g/mol. The lowest BCUT2D eigenvalue weighted by atomic mass is 9.73. The molecule has 1 aromatic heterocycles. The zero-order valence-corrected chi connectivity index (χ0v) is 11.0. The Kier molecular flexibility index (Phi) is 4.41. The molecule has 1 aromatic rings. The number of aliphatic hydroxyl groups is 1. The fraction of sp³-hybridized carbons (Fsp3) is 0.643. The molecule has 0 aliphatic heterocycles. The summed E-state index contributed by atoms with van der Waals surface area (Å²) in [5.74, 6) is 1.03. The van der Waals surface area contributed by atoms with Crippen molar-refractivity contribution >= 4 is 11.6 Å². The number of hydrogen-bond donors (Lipinski definition) is 1. The summed E-state index contributed by atoms with van der Waals surface area (Å²) < 4.78 is 0. The summed E-state index contributed by atoms with van der Waals surface area (Å²) in [7, 11) is 0. The van der Waals surface area contributed by atoms with Gasteiger partial charge in [0.15, 0.2) is 0 Å². The predicted molar refractivity (Wildman–Crippen MR) is 69.9 cm³/mol. The van der Waals surface area contributed by atoms with Gasteiger partial charge in [0, 0.05) is 6.20 Å². The number of rotatable bonds is 3. The van der Waals surface area contributed by atoms with Crippen molar-refractivity contribution in [3.8, 4) is 0 Å². The first-order valence-electron chi connectivity index (χ1n) is 6.52. The van der Waals surface area contributed by atoms with Gasteiger partial charge in [0.25, 0.3) is 0 Å². The number of nitrogens with zero attached hydrogens (tertiary/aromatic N) is 1. The van der Waals surface area contributed by atoms with Crippen molar-refractivity contribution in [1.29, 1.82) is 0 Å². The Balaban J connectivity index is 2.15. The molecule has 1 aliphatic rings. The molecule has 3 unspecified atom stereocenters. The van der Waals surface area contributed by atoms with Gasteiger partial charge < -0.3 is 5.11 Å². The molecule has 0 saturated heterocycles. The highest BCUT2D eigenvalue weighted by Gasteiger charge is 2.30. The number of aliphatic hydroxyl groups excluding tert-OH is 1. The number of hydrogen-bond acceptors (Lipinski definition) is 2. The summed E-state index contributed by atoms with van der Waals surface area (Å²) in [6.07, 6.45) is 7.35. The van der Waals surface area contributed by atoms with E-state index in [9.17, 15) is 5.11 Å². The van der Waals surface area contributed by atoms with Crippen molar-refractivity contribution in [3.05, 3.63) is 29.0 Å². The molecule has 1 aliphatic carbocycles. The van der Waals surface area contributed by atoms with E-state index in [1.54, 1.807) is 12.3 Å². The van der Waals surface area contributed by atoms with E-state index >= 15 is 0 Å². The van der Waals surface area contributed by atoms with Crippen LogP contribution < -0.4 is 0 Å². The van der Waals surface area contributed by atoms with Gasteiger partial charge in [0.05, 0.1) is 6.10 Å². The molecule has 1 saturated carbocycles. The smallest absolute Gasteiger partial charge is 0.129 e. The van der Waals surface area contributed by atoms with Crippen LogP contribution >= 0.6 is 11.6 Å². The van der Waals surface area contributed by atoms with E-state index < -0.39 is 0 Å².